The summed E-state index contributed by atoms with van der Waals surface area (Å²) in [5, 5.41) is 11.9. The zero-order valence-corrected chi connectivity index (χ0v) is 11.1. The smallest absolute Gasteiger partial charge is 0.267 e. The highest BCUT2D eigenvalue weighted by atomic mass is 32.1. The van der Waals surface area contributed by atoms with E-state index in [2.05, 4.69) is 15.5 Å². The first-order valence-electron chi connectivity index (χ1n) is 5.31. The van der Waals surface area contributed by atoms with Gasteiger partial charge in [-0.3, -0.25) is 10.1 Å². The van der Waals surface area contributed by atoms with Gasteiger partial charge in [-0.05, 0) is 23.9 Å². The zero-order chi connectivity index (χ0) is 12.5. The van der Waals surface area contributed by atoms with Crippen LogP contribution in [0.5, 0.6) is 0 Å². The lowest BCUT2D eigenvalue weighted by Gasteiger charge is -1.99. The Labute approximate surface area is 111 Å². The molecule has 1 N–H and O–H groups in total. The van der Waals surface area contributed by atoms with Gasteiger partial charge in [0.15, 0.2) is 0 Å². The maximum Gasteiger partial charge on any atom is 0.267 e. The number of carbonyl (C=O) groups excluding carboxylic acids is 1. The van der Waals surface area contributed by atoms with E-state index < -0.39 is 0 Å². The largest absolute Gasteiger partial charge is 0.296 e. The van der Waals surface area contributed by atoms with Crippen LogP contribution in [-0.4, -0.2) is 16.1 Å². The van der Waals surface area contributed by atoms with Gasteiger partial charge >= 0.3 is 0 Å². The molecule has 1 aromatic carbocycles. The number of carbonyl (C=O) groups is 1. The van der Waals surface area contributed by atoms with Crippen LogP contribution < -0.4 is 5.32 Å². The Morgan fingerprint density at radius 3 is 2.89 bits per heavy atom. The molecule has 3 aromatic rings. The molecule has 0 saturated heterocycles. The van der Waals surface area contributed by atoms with Crippen LogP contribution in [0.15, 0.2) is 29.8 Å². The third-order valence-electron chi connectivity index (χ3n) is 2.63. The fourth-order valence-electron chi connectivity index (χ4n) is 1.77. The monoisotopic (exact) mass is 275 g/mol. The maximum atomic E-state index is 12.1. The summed E-state index contributed by atoms with van der Waals surface area (Å²) in [6.45, 7) is 1.97. The Hall–Kier alpha value is -1.79. The summed E-state index contributed by atoms with van der Waals surface area (Å²) in [5.74, 6) is -0.120. The Balaban J connectivity index is 1.99. The van der Waals surface area contributed by atoms with Gasteiger partial charge in [0.25, 0.3) is 5.91 Å². The van der Waals surface area contributed by atoms with Crippen molar-refractivity contribution in [3.63, 3.8) is 0 Å². The number of rotatable bonds is 2. The summed E-state index contributed by atoms with van der Waals surface area (Å²) in [4.78, 5) is 12.9. The number of nitrogens with one attached hydrogen (secondary N) is 1. The summed E-state index contributed by atoms with van der Waals surface area (Å²) >= 11 is 2.81. The predicted molar refractivity (Wildman–Crippen MR) is 74.4 cm³/mol. The highest BCUT2D eigenvalue weighted by Gasteiger charge is 2.16. The molecule has 6 heteroatoms. The van der Waals surface area contributed by atoms with Gasteiger partial charge in [0.2, 0.25) is 5.13 Å². The molecule has 0 bridgehead atoms. The molecule has 1 amide bonds. The summed E-state index contributed by atoms with van der Waals surface area (Å²) in [6.07, 6.45) is 0. The van der Waals surface area contributed by atoms with Crippen LogP contribution in [0.3, 0.4) is 0 Å². The predicted octanol–water partition coefficient (Wildman–Crippen LogP) is 3.31. The first-order valence-corrected chi connectivity index (χ1v) is 7.01. The fraction of sp³-hybridized carbons (Fsp3) is 0.0833. The summed E-state index contributed by atoms with van der Waals surface area (Å²) in [5.41, 5.74) is 2.60. The van der Waals surface area contributed by atoms with Crippen LogP contribution in [0.25, 0.3) is 10.1 Å². The standard InChI is InChI=1S/C12H9N3OS2/c1-7-8-4-2-3-5-9(8)18-10(7)11(16)14-12-15-13-6-17-12/h2-6H,1H3,(H,14,15,16). The van der Waals surface area contributed by atoms with Crippen LogP contribution in [-0.2, 0) is 0 Å². The van der Waals surface area contributed by atoms with Gasteiger partial charge in [0.1, 0.15) is 5.51 Å². The number of hydrogen-bond acceptors (Lipinski definition) is 5. The lowest BCUT2D eigenvalue weighted by Crippen LogP contribution is -2.11. The molecule has 2 heterocycles. The van der Waals surface area contributed by atoms with Gasteiger partial charge < -0.3 is 0 Å². The van der Waals surface area contributed by atoms with E-state index >= 15 is 0 Å². The van der Waals surface area contributed by atoms with Crippen molar-refractivity contribution in [3.05, 3.63) is 40.2 Å². The number of thiophene rings is 1. The molecule has 0 atom stereocenters. The summed E-state index contributed by atoms with van der Waals surface area (Å²) < 4.78 is 1.12. The number of fused-ring (bicyclic) bond motifs is 1. The van der Waals surface area contributed by atoms with Crippen molar-refractivity contribution in [1.29, 1.82) is 0 Å². The Kier molecular flexibility index (Phi) is 2.81. The molecule has 0 spiro atoms. The lowest BCUT2D eigenvalue weighted by atomic mass is 10.1. The van der Waals surface area contributed by atoms with Crippen LogP contribution >= 0.6 is 22.7 Å². The second-order valence-corrected chi connectivity index (χ2v) is 5.64. The average molecular weight is 275 g/mol. The number of aromatic nitrogens is 2. The van der Waals surface area contributed by atoms with Crippen LogP contribution in [0.4, 0.5) is 5.13 Å². The highest BCUT2D eigenvalue weighted by molar-refractivity contribution is 7.21. The van der Waals surface area contributed by atoms with E-state index in [9.17, 15) is 4.79 Å². The SMILES string of the molecule is Cc1c(C(=O)Nc2nncs2)sc2ccccc12. The van der Waals surface area contributed by atoms with Crippen molar-refractivity contribution in [3.8, 4) is 0 Å². The van der Waals surface area contributed by atoms with Gasteiger partial charge in [-0.1, -0.05) is 29.5 Å². The molecule has 3 rings (SSSR count). The number of nitrogens with zero attached hydrogens (tertiary/aromatic N) is 2. The molecular weight excluding hydrogens is 266 g/mol. The Morgan fingerprint density at radius 1 is 1.33 bits per heavy atom. The average Bonchev–Trinajstić information content (AvgIpc) is 2.98. The molecule has 0 fully saturated rings. The Bertz CT molecular complexity index is 703. The number of hydrogen-bond donors (Lipinski definition) is 1. The van der Waals surface area contributed by atoms with Gasteiger partial charge in [-0.15, -0.1) is 21.5 Å². The molecule has 0 radical (unpaired) electrons. The number of benzene rings is 1. The molecule has 90 valence electrons. The topological polar surface area (TPSA) is 54.9 Å². The Morgan fingerprint density at radius 2 is 2.17 bits per heavy atom. The molecule has 0 unspecified atom stereocenters. The highest BCUT2D eigenvalue weighted by Crippen LogP contribution is 2.31. The van der Waals surface area contributed by atoms with Gasteiger partial charge in [0, 0.05) is 4.70 Å². The summed E-state index contributed by atoms with van der Waals surface area (Å²) in [7, 11) is 0. The number of anilines is 1. The van der Waals surface area contributed by atoms with E-state index in [1.54, 1.807) is 5.51 Å². The van der Waals surface area contributed by atoms with Gasteiger partial charge in [0.05, 0.1) is 4.88 Å². The zero-order valence-electron chi connectivity index (χ0n) is 9.51. The quantitative estimate of drug-likeness (QED) is 0.780. The van der Waals surface area contributed by atoms with Crippen LogP contribution in [0.1, 0.15) is 15.2 Å². The molecular formula is C12H9N3OS2. The molecule has 0 aliphatic carbocycles. The lowest BCUT2D eigenvalue weighted by molar-refractivity contribution is 0.103. The first-order chi connectivity index (χ1) is 8.75. The van der Waals surface area contributed by atoms with E-state index in [-0.39, 0.29) is 5.91 Å². The minimum Gasteiger partial charge on any atom is -0.296 e. The minimum atomic E-state index is -0.120. The third-order valence-corrected chi connectivity index (χ3v) is 4.51. The normalized spacial score (nSPS) is 10.7. The van der Waals surface area contributed by atoms with Gasteiger partial charge in [-0.2, -0.15) is 0 Å². The molecule has 0 aliphatic heterocycles. The van der Waals surface area contributed by atoms with E-state index in [1.165, 1.54) is 22.7 Å². The molecule has 18 heavy (non-hydrogen) atoms. The minimum absolute atomic E-state index is 0.120. The molecule has 0 saturated carbocycles. The number of amides is 1. The molecule has 2 aromatic heterocycles. The van der Waals surface area contributed by atoms with Crippen molar-refractivity contribution >= 4 is 43.8 Å². The number of aryl methyl sites for hydroxylation is 1. The van der Waals surface area contributed by atoms with Crippen molar-refractivity contribution in [2.24, 2.45) is 0 Å². The maximum absolute atomic E-state index is 12.1. The van der Waals surface area contributed by atoms with E-state index in [4.69, 9.17) is 0 Å². The van der Waals surface area contributed by atoms with Crippen LogP contribution in [0, 0.1) is 6.92 Å². The third kappa shape index (κ3) is 1.89. The van der Waals surface area contributed by atoms with E-state index in [0.717, 1.165) is 20.5 Å². The van der Waals surface area contributed by atoms with Crippen molar-refractivity contribution in [2.45, 2.75) is 6.92 Å². The molecule has 0 aliphatic rings. The van der Waals surface area contributed by atoms with Crippen molar-refractivity contribution < 1.29 is 4.79 Å². The first kappa shape index (κ1) is 11.3. The molecule has 4 nitrogen and oxygen atoms in total. The van der Waals surface area contributed by atoms with E-state index in [0.29, 0.717) is 5.13 Å². The van der Waals surface area contributed by atoms with Gasteiger partial charge in [-0.25, -0.2) is 0 Å². The van der Waals surface area contributed by atoms with Crippen LogP contribution in [0.2, 0.25) is 0 Å². The fourth-order valence-corrected chi connectivity index (χ4v) is 3.32. The summed E-state index contributed by atoms with van der Waals surface area (Å²) in [6, 6.07) is 8.01. The van der Waals surface area contributed by atoms with Crippen molar-refractivity contribution in [2.75, 3.05) is 5.32 Å². The second-order valence-electron chi connectivity index (χ2n) is 3.75. The van der Waals surface area contributed by atoms with Crippen molar-refractivity contribution in [1.82, 2.24) is 10.2 Å². The van der Waals surface area contributed by atoms with E-state index in [1.807, 2.05) is 31.2 Å². The second kappa shape index (κ2) is 4.47.